The third kappa shape index (κ3) is 2.17. The van der Waals surface area contributed by atoms with Crippen LogP contribution in [0.5, 0.6) is 0 Å². The van der Waals surface area contributed by atoms with Crippen molar-refractivity contribution in [1.29, 1.82) is 0 Å². The maximum Gasteiger partial charge on any atom is 0.134 e. The number of aryl methyl sites for hydroxylation is 1. The highest BCUT2D eigenvalue weighted by molar-refractivity contribution is 5.94. The lowest BCUT2D eigenvalue weighted by Crippen LogP contribution is -2.03. The molecule has 0 saturated carbocycles. The van der Waals surface area contributed by atoms with Gasteiger partial charge in [0.05, 0.1) is 10.9 Å². The minimum atomic E-state index is -0.214. The van der Waals surface area contributed by atoms with Gasteiger partial charge in [-0.3, -0.25) is 4.98 Å². The second-order valence-electron chi connectivity index (χ2n) is 4.87. The van der Waals surface area contributed by atoms with Crippen LogP contribution in [0.1, 0.15) is 37.9 Å². The van der Waals surface area contributed by atoms with Crippen LogP contribution in [-0.4, -0.2) is 11.5 Å². The number of anilines is 1. The third-order valence-electron chi connectivity index (χ3n) is 3.09. The molecule has 18 heavy (non-hydrogen) atoms. The Labute approximate surface area is 107 Å². The first-order valence-electron chi connectivity index (χ1n) is 6.38. The highest BCUT2D eigenvalue weighted by atomic mass is 19.1. The molecule has 1 aromatic carbocycles. The van der Waals surface area contributed by atoms with Crippen molar-refractivity contribution < 1.29 is 4.39 Å². The maximum atomic E-state index is 14.0. The number of benzene rings is 1. The van der Waals surface area contributed by atoms with Crippen molar-refractivity contribution in [1.82, 2.24) is 4.98 Å². The van der Waals surface area contributed by atoms with E-state index >= 15 is 0 Å². The van der Waals surface area contributed by atoms with E-state index in [4.69, 9.17) is 0 Å². The van der Waals surface area contributed by atoms with Gasteiger partial charge in [0.15, 0.2) is 0 Å². The molecule has 0 atom stereocenters. The molecule has 0 saturated heterocycles. The summed E-state index contributed by atoms with van der Waals surface area (Å²) >= 11 is 0. The summed E-state index contributed by atoms with van der Waals surface area (Å²) in [7, 11) is 0. The van der Waals surface area contributed by atoms with Gasteiger partial charge in [-0.2, -0.15) is 0 Å². The monoisotopic (exact) mass is 246 g/mol. The summed E-state index contributed by atoms with van der Waals surface area (Å²) < 4.78 is 14.0. The number of pyridine rings is 1. The van der Waals surface area contributed by atoms with Crippen molar-refractivity contribution in [2.75, 3.05) is 11.9 Å². The van der Waals surface area contributed by atoms with Crippen LogP contribution in [0.25, 0.3) is 10.9 Å². The molecule has 1 N–H and O–H groups in total. The van der Waals surface area contributed by atoms with Gasteiger partial charge >= 0.3 is 0 Å². The molecule has 1 heterocycles. The second-order valence-corrected chi connectivity index (χ2v) is 4.87. The molecular weight excluding hydrogens is 227 g/mol. The summed E-state index contributed by atoms with van der Waals surface area (Å²) in [4.78, 5) is 4.60. The number of hydrogen-bond donors (Lipinski definition) is 1. The summed E-state index contributed by atoms with van der Waals surface area (Å²) in [5.74, 6) is 0.115. The predicted octanol–water partition coefficient (Wildman–Crippen LogP) is 4.24. The van der Waals surface area contributed by atoms with Crippen LogP contribution >= 0.6 is 0 Å². The zero-order valence-electron chi connectivity index (χ0n) is 11.3. The number of aromatic nitrogens is 1. The van der Waals surface area contributed by atoms with Crippen molar-refractivity contribution >= 4 is 16.6 Å². The summed E-state index contributed by atoms with van der Waals surface area (Å²) in [5, 5.41) is 3.83. The molecule has 1 aromatic heterocycles. The Morgan fingerprint density at radius 1 is 1.33 bits per heavy atom. The number of fused-ring (bicyclic) bond motifs is 1. The molecule has 0 unspecified atom stereocenters. The van der Waals surface area contributed by atoms with Crippen LogP contribution < -0.4 is 5.32 Å². The van der Waals surface area contributed by atoms with Crippen LogP contribution in [0.3, 0.4) is 0 Å². The Balaban J connectivity index is 2.80. The molecule has 0 amide bonds. The lowest BCUT2D eigenvalue weighted by atomic mass is 10.0. The molecule has 2 aromatic rings. The van der Waals surface area contributed by atoms with Gasteiger partial charge in [-0.1, -0.05) is 19.9 Å². The Kier molecular flexibility index (Phi) is 3.50. The average molecular weight is 246 g/mol. The fourth-order valence-corrected chi connectivity index (χ4v) is 2.08. The lowest BCUT2D eigenvalue weighted by Gasteiger charge is -2.14. The molecule has 2 rings (SSSR count). The minimum absolute atomic E-state index is 0.214. The SMILES string of the molecule is CCNc1cc(C(C)C)nc2c(C)ccc(F)c12. The van der Waals surface area contributed by atoms with Gasteiger partial charge in [0.25, 0.3) is 0 Å². The minimum Gasteiger partial charge on any atom is -0.385 e. The molecule has 0 aliphatic rings. The van der Waals surface area contributed by atoms with E-state index in [-0.39, 0.29) is 5.82 Å². The Morgan fingerprint density at radius 2 is 2.06 bits per heavy atom. The molecular formula is C15H19FN2. The lowest BCUT2D eigenvalue weighted by molar-refractivity contribution is 0.639. The summed E-state index contributed by atoms with van der Waals surface area (Å²) in [6.07, 6.45) is 0. The molecule has 0 spiro atoms. The van der Waals surface area contributed by atoms with Crippen molar-refractivity contribution in [3.8, 4) is 0 Å². The second kappa shape index (κ2) is 4.92. The standard InChI is InChI=1S/C15H19FN2/c1-5-17-13-8-12(9(2)3)18-15-10(4)6-7-11(16)14(13)15/h6-9H,5H2,1-4H3,(H,17,18). The van der Waals surface area contributed by atoms with Gasteiger partial charge in [-0.25, -0.2) is 4.39 Å². The molecule has 0 bridgehead atoms. The van der Waals surface area contributed by atoms with Gasteiger partial charge in [-0.15, -0.1) is 0 Å². The van der Waals surface area contributed by atoms with Gasteiger partial charge < -0.3 is 5.32 Å². The third-order valence-corrected chi connectivity index (χ3v) is 3.09. The van der Waals surface area contributed by atoms with E-state index in [9.17, 15) is 4.39 Å². The van der Waals surface area contributed by atoms with E-state index in [2.05, 4.69) is 24.1 Å². The Morgan fingerprint density at radius 3 is 2.67 bits per heavy atom. The van der Waals surface area contributed by atoms with E-state index in [1.807, 2.05) is 19.9 Å². The molecule has 0 fully saturated rings. The first-order valence-corrected chi connectivity index (χ1v) is 6.38. The van der Waals surface area contributed by atoms with Crippen LogP contribution in [0, 0.1) is 12.7 Å². The number of nitrogens with one attached hydrogen (secondary N) is 1. The highest BCUT2D eigenvalue weighted by Gasteiger charge is 2.13. The molecule has 3 heteroatoms. The van der Waals surface area contributed by atoms with Gasteiger partial charge in [-0.05, 0) is 37.5 Å². The van der Waals surface area contributed by atoms with E-state index in [0.717, 1.165) is 29.0 Å². The van der Waals surface area contributed by atoms with E-state index in [1.54, 1.807) is 6.07 Å². The zero-order valence-corrected chi connectivity index (χ0v) is 11.3. The summed E-state index contributed by atoms with van der Waals surface area (Å²) in [6, 6.07) is 5.25. The fourth-order valence-electron chi connectivity index (χ4n) is 2.08. The fraction of sp³-hybridized carbons (Fsp3) is 0.400. The number of halogens is 1. The zero-order chi connectivity index (χ0) is 13.3. The number of rotatable bonds is 3. The topological polar surface area (TPSA) is 24.9 Å². The maximum absolute atomic E-state index is 14.0. The summed E-state index contributed by atoms with van der Waals surface area (Å²) in [6.45, 7) is 8.94. The molecule has 0 radical (unpaired) electrons. The Bertz CT molecular complexity index is 576. The molecule has 0 aliphatic carbocycles. The largest absolute Gasteiger partial charge is 0.385 e. The van der Waals surface area contributed by atoms with Crippen LogP contribution in [0.15, 0.2) is 18.2 Å². The predicted molar refractivity (Wildman–Crippen MR) is 74.7 cm³/mol. The molecule has 0 aliphatic heterocycles. The number of hydrogen-bond acceptors (Lipinski definition) is 2. The van der Waals surface area contributed by atoms with Gasteiger partial charge in [0.2, 0.25) is 0 Å². The highest BCUT2D eigenvalue weighted by Crippen LogP contribution is 2.30. The van der Waals surface area contributed by atoms with Gasteiger partial charge in [0, 0.05) is 17.9 Å². The van der Waals surface area contributed by atoms with Crippen LogP contribution in [0.4, 0.5) is 10.1 Å². The van der Waals surface area contributed by atoms with E-state index in [1.165, 1.54) is 6.07 Å². The normalized spacial score (nSPS) is 11.2. The first-order chi connectivity index (χ1) is 8.54. The first kappa shape index (κ1) is 12.8. The average Bonchev–Trinajstić information content (AvgIpc) is 2.33. The van der Waals surface area contributed by atoms with E-state index in [0.29, 0.717) is 11.3 Å². The number of nitrogens with zero attached hydrogens (tertiary/aromatic N) is 1. The van der Waals surface area contributed by atoms with E-state index < -0.39 is 0 Å². The summed E-state index contributed by atoms with van der Waals surface area (Å²) in [5.41, 5.74) is 3.60. The van der Waals surface area contributed by atoms with Crippen molar-refractivity contribution in [3.05, 3.63) is 35.3 Å². The van der Waals surface area contributed by atoms with Crippen molar-refractivity contribution in [2.24, 2.45) is 0 Å². The van der Waals surface area contributed by atoms with Crippen LogP contribution in [0.2, 0.25) is 0 Å². The van der Waals surface area contributed by atoms with Crippen LogP contribution in [-0.2, 0) is 0 Å². The quantitative estimate of drug-likeness (QED) is 0.876. The molecule has 96 valence electrons. The van der Waals surface area contributed by atoms with Crippen molar-refractivity contribution in [3.63, 3.8) is 0 Å². The van der Waals surface area contributed by atoms with Crippen molar-refractivity contribution in [2.45, 2.75) is 33.6 Å². The molecule has 2 nitrogen and oxygen atoms in total. The Hall–Kier alpha value is -1.64. The smallest absolute Gasteiger partial charge is 0.134 e. The van der Waals surface area contributed by atoms with Gasteiger partial charge in [0.1, 0.15) is 5.82 Å².